The first-order valence-corrected chi connectivity index (χ1v) is 6.75. The third-order valence-electron chi connectivity index (χ3n) is 3.02. The van der Waals surface area contributed by atoms with Crippen molar-refractivity contribution >= 4 is 11.3 Å². The van der Waals surface area contributed by atoms with E-state index in [1.54, 1.807) is 0 Å². The Hall–Kier alpha value is -1.43. The van der Waals surface area contributed by atoms with Gasteiger partial charge in [0.15, 0.2) is 0 Å². The molecule has 1 aromatic heterocycles. The largest absolute Gasteiger partial charge is 0.493 e. The van der Waals surface area contributed by atoms with Crippen LogP contribution in [-0.2, 0) is 6.42 Å². The van der Waals surface area contributed by atoms with Crippen molar-refractivity contribution < 1.29 is 9.84 Å². The Kier molecular flexibility index (Phi) is 3.03. The number of nitrogens with two attached hydrogens (primary N) is 1. The molecule has 3 N–H and O–H groups in total. The van der Waals surface area contributed by atoms with Crippen LogP contribution in [0.15, 0.2) is 23.6 Å². The number of hydrogen-bond donors (Lipinski definition) is 2. The molecule has 1 unspecified atom stereocenters. The highest BCUT2D eigenvalue weighted by Crippen LogP contribution is 2.32. The molecule has 1 aliphatic heterocycles. The van der Waals surface area contributed by atoms with E-state index in [4.69, 9.17) is 10.5 Å². The molecule has 3 rings (SSSR count). The van der Waals surface area contributed by atoms with Gasteiger partial charge in [-0.25, -0.2) is 4.98 Å². The number of fused-ring (bicyclic) bond motifs is 1. The summed E-state index contributed by atoms with van der Waals surface area (Å²) in [6.07, 6.45) is 0.278. The molecule has 0 radical (unpaired) electrons. The number of hydrogen-bond acceptors (Lipinski definition) is 5. The number of aliphatic hydroxyl groups is 1. The molecule has 0 spiro atoms. The van der Waals surface area contributed by atoms with Gasteiger partial charge in [0.1, 0.15) is 16.9 Å². The van der Waals surface area contributed by atoms with E-state index in [2.05, 4.69) is 11.1 Å². The minimum atomic E-state index is -0.673. The third kappa shape index (κ3) is 2.01. The lowest BCUT2D eigenvalue weighted by Crippen LogP contribution is -2.11. The molecule has 1 aromatic carbocycles. The maximum atomic E-state index is 9.64. The van der Waals surface area contributed by atoms with Crippen molar-refractivity contribution in [2.45, 2.75) is 12.5 Å². The summed E-state index contributed by atoms with van der Waals surface area (Å²) in [5.74, 6) is 0.970. The van der Waals surface area contributed by atoms with Crippen molar-refractivity contribution in [2.24, 2.45) is 5.73 Å². The summed E-state index contributed by atoms with van der Waals surface area (Å²) in [4.78, 5) is 4.42. The van der Waals surface area contributed by atoms with Crippen LogP contribution in [0.3, 0.4) is 0 Å². The second-order valence-corrected chi connectivity index (χ2v) is 5.11. The van der Waals surface area contributed by atoms with Gasteiger partial charge in [0.05, 0.1) is 12.3 Å². The average molecular weight is 262 g/mol. The fourth-order valence-corrected chi connectivity index (χ4v) is 2.88. The predicted molar refractivity (Wildman–Crippen MR) is 70.8 cm³/mol. The predicted octanol–water partition coefficient (Wildman–Crippen LogP) is 1.74. The Morgan fingerprint density at radius 2 is 2.39 bits per heavy atom. The summed E-state index contributed by atoms with van der Waals surface area (Å²) in [7, 11) is 0. The molecule has 94 valence electrons. The second-order valence-electron chi connectivity index (χ2n) is 4.25. The number of ether oxygens (including phenoxy) is 1. The molecule has 2 heterocycles. The van der Waals surface area contributed by atoms with Crippen molar-refractivity contribution in [3.05, 3.63) is 34.8 Å². The summed E-state index contributed by atoms with van der Waals surface area (Å²) in [5.41, 5.74) is 8.37. The van der Waals surface area contributed by atoms with Crippen LogP contribution < -0.4 is 10.5 Å². The first kappa shape index (κ1) is 11.6. The van der Waals surface area contributed by atoms with Crippen molar-refractivity contribution in [1.29, 1.82) is 0 Å². The van der Waals surface area contributed by atoms with Crippen LogP contribution in [-0.4, -0.2) is 23.2 Å². The van der Waals surface area contributed by atoms with Gasteiger partial charge in [0.2, 0.25) is 0 Å². The zero-order valence-electron chi connectivity index (χ0n) is 9.80. The monoisotopic (exact) mass is 262 g/mol. The molecule has 0 bridgehead atoms. The van der Waals surface area contributed by atoms with Crippen molar-refractivity contribution in [3.63, 3.8) is 0 Å². The fourth-order valence-electron chi connectivity index (χ4n) is 2.01. The minimum Gasteiger partial charge on any atom is -0.493 e. The number of aromatic nitrogens is 1. The Balaban J connectivity index is 1.92. The van der Waals surface area contributed by atoms with Crippen LogP contribution in [0.2, 0.25) is 0 Å². The van der Waals surface area contributed by atoms with E-state index < -0.39 is 6.10 Å². The van der Waals surface area contributed by atoms with E-state index in [9.17, 15) is 5.11 Å². The fraction of sp³-hybridized carbons (Fsp3) is 0.308. The number of rotatable bonds is 3. The topological polar surface area (TPSA) is 68.4 Å². The lowest BCUT2D eigenvalue weighted by atomic mass is 10.1. The average Bonchev–Trinajstić information content (AvgIpc) is 3.05. The Morgan fingerprint density at radius 3 is 3.22 bits per heavy atom. The Bertz CT molecular complexity index is 568. The third-order valence-corrected chi connectivity index (χ3v) is 3.93. The minimum absolute atomic E-state index is 0.196. The smallest absolute Gasteiger partial charge is 0.123 e. The summed E-state index contributed by atoms with van der Waals surface area (Å²) in [6.45, 7) is 0.953. The summed E-state index contributed by atoms with van der Waals surface area (Å²) >= 11 is 1.52. The summed E-state index contributed by atoms with van der Waals surface area (Å²) in [5, 5.41) is 12.4. The van der Waals surface area contributed by atoms with Gasteiger partial charge in [0.25, 0.3) is 0 Å². The van der Waals surface area contributed by atoms with E-state index >= 15 is 0 Å². The number of benzene rings is 1. The van der Waals surface area contributed by atoms with Crippen molar-refractivity contribution in [2.75, 3.05) is 13.2 Å². The summed E-state index contributed by atoms with van der Waals surface area (Å²) in [6, 6.07) is 6.10. The molecule has 18 heavy (non-hydrogen) atoms. The quantitative estimate of drug-likeness (QED) is 0.884. The van der Waals surface area contributed by atoms with Gasteiger partial charge >= 0.3 is 0 Å². The standard InChI is InChI=1S/C13H14N2O2S/c14-6-11(16)10-7-18-13(15-10)9-1-2-12-8(5-9)3-4-17-12/h1-2,5,7,11,16H,3-4,6,14H2. The molecular formula is C13H14N2O2S. The summed E-state index contributed by atoms with van der Waals surface area (Å²) < 4.78 is 5.48. The first-order valence-electron chi connectivity index (χ1n) is 5.87. The van der Waals surface area contributed by atoms with Crippen LogP contribution in [0.4, 0.5) is 0 Å². The molecule has 4 nitrogen and oxygen atoms in total. The highest BCUT2D eigenvalue weighted by atomic mass is 32.1. The van der Waals surface area contributed by atoms with Crippen LogP contribution in [0.5, 0.6) is 5.75 Å². The number of nitrogens with zero attached hydrogens (tertiary/aromatic N) is 1. The van der Waals surface area contributed by atoms with Gasteiger partial charge < -0.3 is 15.6 Å². The zero-order chi connectivity index (χ0) is 12.5. The molecule has 1 atom stereocenters. The maximum Gasteiger partial charge on any atom is 0.123 e. The van der Waals surface area contributed by atoms with E-state index in [1.807, 2.05) is 17.5 Å². The van der Waals surface area contributed by atoms with Gasteiger partial charge in [-0.05, 0) is 23.8 Å². The Morgan fingerprint density at radius 1 is 1.50 bits per heavy atom. The first-order chi connectivity index (χ1) is 8.78. The van der Waals surface area contributed by atoms with Gasteiger partial charge in [0, 0.05) is 23.9 Å². The molecule has 1 aliphatic rings. The van der Waals surface area contributed by atoms with E-state index in [0.29, 0.717) is 5.69 Å². The van der Waals surface area contributed by atoms with E-state index in [1.165, 1.54) is 16.9 Å². The lowest BCUT2D eigenvalue weighted by Gasteiger charge is -2.03. The van der Waals surface area contributed by atoms with Crippen molar-refractivity contribution in [1.82, 2.24) is 4.98 Å². The molecule has 0 aliphatic carbocycles. The molecule has 2 aromatic rings. The molecule has 0 saturated carbocycles. The van der Waals surface area contributed by atoms with Crippen LogP contribution in [0.25, 0.3) is 10.6 Å². The number of aliphatic hydroxyl groups excluding tert-OH is 1. The molecule has 0 fully saturated rings. The van der Waals surface area contributed by atoms with Crippen LogP contribution >= 0.6 is 11.3 Å². The number of thiazole rings is 1. The lowest BCUT2D eigenvalue weighted by molar-refractivity contribution is 0.182. The van der Waals surface area contributed by atoms with E-state index in [0.717, 1.165) is 29.3 Å². The van der Waals surface area contributed by atoms with Gasteiger partial charge in [-0.2, -0.15) is 0 Å². The molecule has 5 heteroatoms. The van der Waals surface area contributed by atoms with Crippen molar-refractivity contribution in [3.8, 4) is 16.3 Å². The zero-order valence-corrected chi connectivity index (χ0v) is 10.6. The Labute approximate surface area is 109 Å². The van der Waals surface area contributed by atoms with Crippen LogP contribution in [0, 0.1) is 0 Å². The van der Waals surface area contributed by atoms with Gasteiger partial charge in [-0.1, -0.05) is 0 Å². The van der Waals surface area contributed by atoms with E-state index in [-0.39, 0.29) is 6.54 Å². The van der Waals surface area contributed by atoms with Gasteiger partial charge in [-0.3, -0.25) is 0 Å². The van der Waals surface area contributed by atoms with Crippen LogP contribution in [0.1, 0.15) is 17.4 Å². The second kappa shape index (κ2) is 4.68. The highest BCUT2D eigenvalue weighted by molar-refractivity contribution is 7.13. The molecule has 0 amide bonds. The molecule has 0 saturated heterocycles. The maximum absolute atomic E-state index is 9.64. The van der Waals surface area contributed by atoms with Gasteiger partial charge in [-0.15, -0.1) is 11.3 Å². The normalized spacial score (nSPS) is 15.2. The highest BCUT2D eigenvalue weighted by Gasteiger charge is 2.15. The SMILES string of the molecule is NCC(O)c1csc(-c2ccc3c(c2)CCO3)n1. The molecular weight excluding hydrogens is 248 g/mol.